The largest absolute Gasteiger partial charge is 0.384 e. The van der Waals surface area contributed by atoms with Gasteiger partial charge in [-0.05, 0) is 61.2 Å². The Morgan fingerprint density at radius 3 is 2.39 bits per heavy atom. The lowest BCUT2D eigenvalue weighted by atomic mass is 9.77. The molecule has 2 aliphatic rings. The molecular formula is C23H22N4S. The van der Waals surface area contributed by atoms with E-state index in [1.807, 2.05) is 34.9 Å². The van der Waals surface area contributed by atoms with E-state index in [4.69, 9.17) is 22.9 Å². The van der Waals surface area contributed by atoms with E-state index in [1.54, 1.807) is 0 Å². The predicted molar refractivity (Wildman–Crippen MR) is 116 cm³/mol. The molecule has 3 N–H and O–H groups in total. The first-order valence-electron chi connectivity index (χ1n) is 9.76. The quantitative estimate of drug-likeness (QED) is 0.565. The van der Waals surface area contributed by atoms with Crippen molar-refractivity contribution < 1.29 is 0 Å². The van der Waals surface area contributed by atoms with Crippen LogP contribution in [0.4, 0.5) is 11.6 Å². The Balaban J connectivity index is 1.78. The predicted octanol–water partition coefficient (Wildman–Crippen LogP) is 5.57. The lowest BCUT2D eigenvalue weighted by Gasteiger charge is -2.35. The van der Waals surface area contributed by atoms with Crippen molar-refractivity contribution in [2.24, 2.45) is 0 Å². The monoisotopic (exact) mass is 386 g/mol. The number of hydrogen-bond acceptors (Lipinski definition) is 4. The van der Waals surface area contributed by atoms with Crippen LogP contribution >= 0.6 is 12.2 Å². The third kappa shape index (κ3) is 2.74. The van der Waals surface area contributed by atoms with Crippen LogP contribution in [0.25, 0.3) is 5.69 Å². The summed E-state index contributed by atoms with van der Waals surface area (Å²) >= 11 is 5.62. The van der Waals surface area contributed by atoms with Gasteiger partial charge in [-0.25, -0.2) is 4.98 Å². The number of anilines is 2. The average molecular weight is 387 g/mol. The standard InChI is InChI=1S/C23H22N4S/c24-21-20-19(15-9-3-1-4-10-15)17-13-7-8-14-18(17)25-22(20)26-23(28)27(21)16-11-5-2-6-12-16/h1-6,9-12,19H,7-8,13-14,24H2,(H,25,26,28). The first-order valence-corrected chi connectivity index (χ1v) is 10.2. The summed E-state index contributed by atoms with van der Waals surface area (Å²) in [5.74, 6) is 1.59. The molecule has 140 valence electrons. The molecule has 2 aromatic carbocycles. The molecule has 5 rings (SSSR count). The Morgan fingerprint density at radius 2 is 1.64 bits per heavy atom. The highest BCUT2D eigenvalue weighted by Crippen LogP contribution is 2.48. The number of nitrogens with zero attached hydrogens (tertiary/aromatic N) is 2. The number of nitrogens with one attached hydrogen (secondary N) is 1. The van der Waals surface area contributed by atoms with E-state index in [0.717, 1.165) is 29.9 Å². The Kier molecular flexibility index (Phi) is 4.24. The molecule has 4 nitrogen and oxygen atoms in total. The average Bonchev–Trinajstić information content (AvgIpc) is 2.73. The zero-order valence-electron chi connectivity index (χ0n) is 15.6. The normalized spacial score (nSPS) is 18.2. The molecule has 0 fully saturated rings. The van der Waals surface area contributed by atoms with Crippen LogP contribution < -0.4 is 11.1 Å². The second-order valence-electron chi connectivity index (χ2n) is 7.39. The number of benzene rings is 2. The van der Waals surface area contributed by atoms with Gasteiger partial charge in [0.1, 0.15) is 11.6 Å². The highest BCUT2D eigenvalue weighted by Gasteiger charge is 2.34. The Bertz CT molecular complexity index is 1120. The van der Waals surface area contributed by atoms with Gasteiger partial charge in [-0.1, -0.05) is 48.5 Å². The molecule has 1 aliphatic heterocycles. The van der Waals surface area contributed by atoms with Gasteiger partial charge in [-0.3, -0.25) is 4.57 Å². The van der Waals surface area contributed by atoms with Crippen LogP contribution in [-0.2, 0) is 0 Å². The van der Waals surface area contributed by atoms with Gasteiger partial charge in [-0.15, -0.1) is 0 Å². The summed E-state index contributed by atoms with van der Waals surface area (Å²) in [6.07, 6.45) is 4.56. The second kappa shape index (κ2) is 6.91. The van der Waals surface area contributed by atoms with Crippen molar-refractivity contribution in [2.75, 3.05) is 11.1 Å². The van der Waals surface area contributed by atoms with E-state index in [1.165, 1.54) is 29.7 Å². The first kappa shape index (κ1) is 17.2. The number of rotatable bonds is 2. The maximum absolute atomic E-state index is 6.78. The summed E-state index contributed by atoms with van der Waals surface area (Å²) in [5.41, 5.74) is 12.7. The van der Waals surface area contributed by atoms with Gasteiger partial charge >= 0.3 is 0 Å². The fourth-order valence-electron chi connectivity index (χ4n) is 4.48. The molecule has 0 bridgehead atoms. The fraction of sp³-hybridized carbons (Fsp3) is 0.217. The third-order valence-electron chi connectivity index (χ3n) is 5.73. The van der Waals surface area contributed by atoms with Crippen LogP contribution in [0.15, 0.2) is 71.9 Å². The molecule has 1 aliphatic carbocycles. The van der Waals surface area contributed by atoms with Crippen LogP contribution in [0.1, 0.15) is 42.7 Å². The summed E-state index contributed by atoms with van der Waals surface area (Å²) in [7, 11) is 0. The van der Waals surface area contributed by atoms with Crippen molar-refractivity contribution in [3.8, 4) is 5.69 Å². The van der Waals surface area contributed by atoms with E-state index in [2.05, 4.69) is 35.6 Å². The van der Waals surface area contributed by atoms with E-state index in [9.17, 15) is 0 Å². The zero-order chi connectivity index (χ0) is 19.1. The van der Waals surface area contributed by atoms with Gasteiger partial charge in [0.05, 0.1) is 0 Å². The van der Waals surface area contributed by atoms with E-state index >= 15 is 0 Å². The zero-order valence-corrected chi connectivity index (χ0v) is 16.4. The number of allylic oxidation sites excluding steroid dienone is 2. The highest BCUT2D eigenvalue weighted by molar-refractivity contribution is 7.71. The third-order valence-corrected chi connectivity index (χ3v) is 6.01. The molecule has 0 spiro atoms. The topological polar surface area (TPSA) is 55.9 Å². The van der Waals surface area contributed by atoms with Crippen molar-refractivity contribution in [1.82, 2.24) is 9.55 Å². The van der Waals surface area contributed by atoms with Gasteiger partial charge in [-0.2, -0.15) is 0 Å². The van der Waals surface area contributed by atoms with Crippen LogP contribution in [0, 0.1) is 4.77 Å². The summed E-state index contributed by atoms with van der Waals surface area (Å²) in [4.78, 5) is 4.77. The summed E-state index contributed by atoms with van der Waals surface area (Å²) in [6.45, 7) is 0. The van der Waals surface area contributed by atoms with Crippen LogP contribution in [-0.4, -0.2) is 9.55 Å². The second-order valence-corrected chi connectivity index (χ2v) is 7.76. The molecule has 3 aromatic rings. The summed E-state index contributed by atoms with van der Waals surface area (Å²) < 4.78 is 2.36. The fourth-order valence-corrected chi connectivity index (χ4v) is 4.77. The van der Waals surface area contributed by atoms with Crippen molar-refractivity contribution >= 4 is 23.9 Å². The molecule has 1 atom stereocenters. The molecule has 1 aromatic heterocycles. The lowest BCUT2D eigenvalue weighted by Crippen LogP contribution is -2.25. The Morgan fingerprint density at radius 1 is 0.964 bits per heavy atom. The summed E-state index contributed by atoms with van der Waals surface area (Å²) in [6, 6.07) is 20.6. The minimum Gasteiger partial charge on any atom is -0.384 e. The number of nitrogen functional groups attached to an aromatic ring is 1. The molecule has 28 heavy (non-hydrogen) atoms. The lowest BCUT2D eigenvalue weighted by molar-refractivity contribution is 0.632. The number of aromatic nitrogens is 2. The number of fused-ring (bicyclic) bond motifs is 1. The molecule has 0 radical (unpaired) electrons. The molecule has 0 saturated heterocycles. The number of para-hydroxylation sites is 1. The summed E-state index contributed by atoms with van der Waals surface area (Å²) in [5, 5.41) is 3.57. The Labute approximate surface area is 169 Å². The van der Waals surface area contributed by atoms with Crippen LogP contribution in [0.5, 0.6) is 0 Å². The van der Waals surface area contributed by atoms with Crippen molar-refractivity contribution in [3.63, 3.8) is 0 Å². The van der Waals surface area contributed by atoms with Gasteiger partial charge in [0.2, 0.25) is 4.77 Å². The van der Waals surface area contributed by atoms with Crippen LogP contribution in [0.2, 0.25) is 0 Å². The van der Waals surface area contributed by atoms with Crippen LogP contribution in [0.3, 0.4) is 0 Å². The molecule has 2 heterocycles. The van der Waals surface area contributed by atoms with Gasteiger partial charge in [0.25, 0.3) is 0 Å². The molecule has 0 amide bonds. The van der Waals surface area contributed by atoms with Gasteiger partial charge in [0.15, 0.2) is 0 Å². The van der Waals surface area contributed by atoms with Gasteiger partial charge < -0.3 is 11.1 Å². The van der Waals surface area contributed by atoms with E-state index < -0.39 is 0 Å². The minimum atomic E-state index is 0.116. The molecule has 5 heteroatoms. The Hall–Kier alpha value is -2.92. The maximum atomic E-state index is 6.78. The number of hydrogen-bond donors (Lipinski definition) is 2. The van der Waals surface area contributed by atoms with Crippen molar-refractivity contribution in [2.45, 2.75) is 31.6 Å². The van der Waals surface area contributed by atoms with E-state index in [0.29, 0.717) is 10.6 Å². The molecular weight excluding hydrogens is 364 g/mol. The van der Waals surface area contributed by atoms with Crippen molar-refractivity contribution in [3.05, 3.63) is 87.8 Å². The SMILES string of the molecule is Nc1c2c(nc(=S)n1-c1ccccc1)NC1=C(CCCC1)C2c1ccccc1. The smallest absolute Gasteiger partial charge is 0.207 e. The number of nitrogens with two attached hydrogens (primary N) is 1. The first-order chi connectivity index (χ1) is 13.7. The van der Waals surface area contributed by atoms with E-state index in [-0.39, 0.29) is 5.92 Å². The molecule has 0 saturated carbocycles. The highest BCUT2D eigenvalue weighted by atomic mass is 32.1. The minimum absolute atomic E-state index is 0.116. The van der Waals surface area contributed by atoms with Gasteiger partial charge in [0, 0.05) is 22.9 Å². The maximum Gasteiger partial charge on any atom is 0.207 e. The molecule has 1 unspecified atom stereocenters. The van der Waals surface area contributed by atoms with Crippen molar-refractivity contribution in [1.29, 1.82) is 0 Å².